The zero-order chi connectivity index (χ0) is 15.5. The fourth-order valence-electron chi connectivity index (χ4n) is 2.84. The lowest BCUT2D eigenvalue weighted by Gasteiger charge is -2.32. The Balaban J connectivity index is 2.14. The predicted octanol–water partition coefficient (Wildman–Crippen LogP) is 3.49. The molecule has 2 rings (SSSR count). The van der Waals surface area contributed by atoms with E-state index in [2.05, 4.69) is 5.32 Å². The molecule has 2 atom stereocenters. The fourth-order valence-corrected chi connectivity index (χ4v) is 2.84. The van der Waals surface area contributed by atoms with Crippen LogP contribution >= 0.6 is 0 Å². The second kappa shape index (κ2) is 6.47. The Hall–Kier alpha value is -1.56. The van der Waals surface area contributed by atoms with Gasteiger partial charge < -0.3 is 10.4 Å². The van der Waals surface area contributed by atoms with Crippen molar-refractivity contribution in [3.8, 4) is 0 Å². The normalized spacial score (nSPS) is 22.9. The van der Waals surface area contributed by atoms with E-state index in [1.807, 2.05) is 0 Å². The first-order valence-corrected chi connectivity index (χ1v) is 7.00. The SMILES string of the molecule is O=C(Nc1ccccc1CO)C1CCCCC1C(F)(F)F. The van der Waals surface area contributed by atoms with Gasteiger partial charge in [0.1, 0.15) is 0 Å². The predicted molar refractivity (Wildman–Crippen MR) is 72.5 cm³/mol. The topological polar surface area (TPSA) is 49.3 Å². The Morgan fingerprint density at radius 2 is 1.90 bits per heavy atom. The average molecular weight is 301 g/mol. The second-order valence-electron chi connectivity index (χ2n) is 5.34. The van der Waals surface area contributed by atoms with Gasteiger partial charge in [-0.1, -0.05) is 31.0 Å². The highest BCUT2D eigenvalue weighted by atomic mass is 19.4. The molecule has 0 bridgehead atoms. The summed E-state index contributed by atoms with van der Waals surface area (Å²) in [7, 11) is 0. The average Bonchev–Trinajstić information content (AvgIpc) is 2.47. The molecular formula is C15H18F3NO2. The van der Waals surface area contributed by atoms with E-state index in [1.54, 1.807) is 24.3 Å². The third-order valence-electron chi connectivity index (χ3n) is 3.97. The van der Waals surface area contributed by atoms with E-state index in [0.29, 0.717) is 24.1 Å². The number of amides is 1. The van der Waals surface area contributed by atoms with Crippen LogP contribution in [0.3, 0.4) is 0 Å². The third-order valence-corrected chi connectivity index (χ3v) is 3.97. The van der Waals surface area contributed by atoms with Crippen molar-refractivity contribution in [2.24, 2.45) is 11.8 Å². The molecule has 0 heterocycles. The van der Waals surface area contributed by atoms with Crippen LogP contribution in [0.5, 0.6) is 0 Å². The summed E-state index contributed by atoms with van der Waals surface area (Å²) in [5, 5.41) is 11.7. The summed E-state index contributed by atoms with van der Waals surface area (Å²) in [5.41, 5.74) is 0.863. The van der Waals surface area contributed by atoms with Crippen molar-refractivity contribution < 1.29 is 23.1 Å². The van der Waals surface area contributed by atoms with Crippen LogP contribution in [-0.2, 0) is 11.4 Å². The molecule has 1 aromatic rings. The van der Waals surface area contributed by atoms with Gasteiger partial charge in [-0.25, -0.2) is 0 Å². The summed E-state index contributed by atoms with van der Waals surface area (Å²) in [4.78, 5) is 12.2. The standard InChI is InChI=1S/C15H18F3NO2/c16-15(17,18)12-7-3-2-6-11(12)14(21)19-13-8-4-1-5-10(13)9-20/h1,4-5,8,11-12,20H,2-3,6-7,9H2,(H,19,21). The molecule has 116 valence electrons. The molecule has 0 radical (unpaired) electrons. The van der Waals surface area contributed by atoms with Crippen LogP contribution < -0.4 is 5.32 Å². The first kappa shape index (κ1) is 15.8. The summed E-state index contributed by atoms with van der Waals surface area (Å²) >= 11 is 0. The van der Waals surface area contributed by atoms with Crippen molar-refractivity contribution in [1.82, 2.24) is 0 Å². The minimum atomic E-state index is -4.35. The van der Waals surface area contributed by atoms with Crippen molar-refractivity contribution in [2.45, 2.75) is 38.5 Å². The third kappa shape index (κ3) is 3.75. The van der Waals surface area contributed by atoms with Crippen molar-refractivity contribution >= 4 is 11.6 Å². The van der Waals surface area contributed by atoms with Crippen LogP contribution in [-0.4, -0.2) is 17.2 Å². The quantitative estimate of drug-likeness (QED) is 0.898. The number of aliphatic hydroxyl groups excluding tert-OH is 1. The summed E-state index contributed by atoms with van der Waals surface area (Å²) in [6, 6.07) is 6.56. The lowest BCUT2D eigenvalue weighted by atomic mass is 9.78. The van der Waals surface area contributed by atoms with E-state index >= 15 is 0 Å². The van der Waals surface area contributed by atoms with Crippen LogP contribution in [0, 0.1) is 11.8 Å². The Labute approximate surface area is 121 Å². The number of hydrogen-bond acceptors (Lipinski definition) is 2. The molecule has 0 saturated heterocycles. The maximum atomic E-state index is 13.0. The van der Waals surface area contributed by atoms with E-state index in [0.717, 1.165) is 0 Å². The molecule has 1 amide bonds. The molecule has 1 fully saturated rings. The molecule has 3 nitrogen and oxygen atoms in total. The minimum absolute atomic E-state index is 0.00321. The second-order valence-corrected chi connectivity index (χ2v) is 5.34. The van der Waals surface area contributed by atoms with Gasteiger partial charge in [0.25, 0.3) is 0 Å². The van der Waals surface area contributed by atoms with Gasteiger partial charge in [0.15, 0.2) is 0 Å². The molecule has 1 saturated carbocycles. The van der Waals surface area contributed by atoms with Gasteiger partial charge in [-0.3, -0.25) is 4.79 Å². The molecule has 0 aromatic heterocycles. The van der Waals surface area contributed by atoms with Crippen molar-refractivity contribution in [3.63, 3.8) is 0 Å². The summed E-state index contributed by atoms with van der Waals surface area (Å²) < 4.78 is 39.0. The van der Waals surface area contributed by atoms with Gasteiger partial charge in [0, 0.05) is 17.2 Å². The minimum Gasteiger partial charge on any atom is -0.392 e. The Morgan fingerprint density at radius 3 is 2.57 bits per heavy atom. The number of para-hydroxylation sites is 1. The monoisotopic (exact) mass is 301 g/mol. The number of halogens is 3. The number of hydrogen-bond donors (Lipinski definition) is 2. The number of anilines is 1. The van der Waals surface area contributed by atoms with Gasteiger partial charge >= 0.3 is 6.18 Å². The maximum Gasteiger partial charge on any atom is 0.392 e. The van der Waals surface area contributed by atoms with Gasteiger partial charge in [-0.05, 0) is 18.9 Å². The molecule has 2 unspecified atom stereocenters. The zero-order valence-corrected chi connectivity index (χ0v) is 11.5. The van der Waals surface area contributed by atoms with E-state index in [4.69, 9.17) is 0 Å². The van der Waals surface area contributed by atoms with Gasteiger partial charge in [-0.2, -0.15) is 13.2 Å². The lowest BCUT2D eigenvalue weighted by molar-refractivity contribution is -0.197. The van der Waals surface area contributed by atoms with E-state index < -0.39 is 23.9 Å². The molecule has 6 heteroatoms. The van der Waals surface area contributed by atoms with Gasteiger partial charge in [0.2, 0.25) is 5.91 Å². The number of alkyl halides is 3. The molecule has 1 aromatic carbocycles. The lowest BCUT2D eigenvalue weighted by Crippen LogP contribution is -2.39. The Kier molecular flexibility index (Phi) is 4.88. The number of benzene rings is 1. The number of nitrogens with one attached hydrogen (secondary N) is 1. The van der Waals surface area contributed by atoms with Crippen LogP contribution in [0.25, 0.3) is 0 Å². The molecular weight excluding hydrogens is 283 g/mol. The molecule has 1 aliphatic rings. The molecule has 0 aliphatic heterocycles. The van der Waals surface area contributed by atoms with E-state index in [9.17, 15) is 23.1 Å². The van der Waals surface area contributed by atoms with E-state index in [1.165, 1.54) is 0 Å². The van der Waals surface area contributed by atoms with Crippen LogP contribution in [0.1, 0.15) is 31.2 Å². The van der Waals surface area contributed by atoms with Crippen LogP contribution in [0.15, 0.2) is 24.3 Å². The fraction of sp³-hybridized carbons (Fsp3) is 0.533. The molecule has 1 aliphatic carbocycles. The first-order valence-electron chi connectivity index (χ1n) is 7.00. The Morgan fingerprint density at radius 1 is 1.24 bits per heavy atom. The van der Waals surface area contributed by atoms with Crippen molar-refractivity contribution in [1.29, 1.82) is 0 Å². The molecule has 21 heavy (non-hydrogen) atoms. The first-order chi connectivity index (χ1) is 9.93. The van der Waals surface area contributed by atoms with Crippen molar-refractivity contribution in [3.05, 3.63) is 29.8 Å². The highest BCUT2D eigenvalue weighted by Crippen LogP contribution is 2.41. The largest absolute Gasteiger partial charge is 0.392 e. The highest BCUT2D eigenvalue weighted by Gasteiger charge is 2.48. The zero-order valence-electron chi connectivity index (χ0n) is 11.5. The summed E-state index contributed by atoms with van der Waals surface area (Å²) in [6.45, 7) is -0.274. The van der Waals surface area contributed by atoms with E-state index in [-0.39, 0.29) is 19.4 Å². The number of carbonyl (C=O) groups excluding carboxylic acids is 1. The summed E-state index contributed by atoms with van der Waals surface area (Å²) in [6.07, 6.45) is -2.97. The molecule has 2 N–H and O–H groups in total. The maximum absolute atomic E-state index is 13.0. The van der Waals surface area contributed by atoms with Gasteiger partial charge in [-0.15, -0.1) is 0 Å². The number of aliphatic hydroxyl groups is 1. The number of rotatable bonds is 3. The number of carbonyl (C=O) groups is 1. The van der Waals surface area contributed by atoms with Gasteiger partial charge in [0.05, 0.1) is 12.5 Å². The smallest absolute Gasteiger partial charge is 0.392 e. The van der Waals surface area contributed by atoms with Crippen molar-refractivity contribution in [2.75, 3.05) is 5.32 Å². The Bertz CT molecular complexity index is 502. The highest BCUT2D eigenvalue weighted by molar-refractivity contribution is 5.93. The van der Waals surface area contributed by atoms with Crippen LogP contribution in [0.4, 0.5) is 18.9 Å². The summed E-state index contributed by atoms with van der Waals surface area (Å²) in [5.74, 6) is -3.24. The van der Waals surface area contributed by atoms with Crippen LogP contribution in [0.2, 0.25) is 0 Å². The molecule has 0 spiro atoms.